The molecule has 0 aromatic carbocycles. The van der Waals surface area contributed by atoms with E-state index in [4.69, 9.17) is 4.98 Å². The van der Waals surface area contributed by atoms with Gasteiger partial charge in [0, 0.05) is 30.6 Å². The van der Waals surface area contributed by atoms with Crippen molar-refractivity contribution in [2.75, 3.05) is 18.5 Å². The maximum absolute atomic E-state index is 4.70. The fourth-order valence-corrected chi connectivity index (χ4v) is 2.82. The van der Waals surface area contributed by atoms with Crippen LogP contribution in [0, 0.1) is 12.8 Å². The Morgan fingerprint density at radius 2 is 2.06 bits per heavy atom. The predicted molar refractivity (Wildman–Crippen MR) is 79.4 cm³/mol. The second-order valence-electron chi connectivity index (χ2n) is 6.43. The molecular formula is C14H25N3S. The Morgan fingerprint density at radius 3 is 2.61 bits per heavy atom. The third kappa shape index (κ3) is 3.95. The highest BCUT2D eigenvalue weighted by Gasteiger charge is 2.24. The zero-order chi connectivity index (χ0) is 13.3. The summed E-state index contributed by atoms with van der Waals surface area (Å²) in [7, 11) is 2.16. The lowest BCUT2D eigenvalue weighted by Crippen LogP contribution is -2.34. The Kier molecular flexibility index (Phi) is 3.97. The number of nitrogens with zero attached hydrogens (tertiary/aromatic N) is 2. The Morgan fingerprint density at radius 1 is 1.39 bits per heavy atom. The SMILES string of the molecule is Cc1nc(N(C)CC2CC2)sc1CNC(C)(C)C. The minimum Gasteiger partial charge on any atom is -0.351 e. The molecule has 3 nitrogen and oxygen atoms in total. The van der Waals surface area contributed by atoms with Gasteiger partial charge in [0.05, 0.1) is 5.69 Å². The average molecular weight is 267 g/mol. The van der Waals surface area contributed by atoms with E-state index in [1.165, 1.54) is 35.1 Å². The van der Waals surface area contributed by atoms with Gasteiger partial charge in [-0.05, 0) is 46.5 Å². The Balaban J connectivity index is 1.96. The number of nitrogens with one attached hydrogen (secondary N) is 1. The van der Waals surface area contributed by atoms with E-state index in [2.05, 4.69) is 45.0 Å². The fourth-order valence-electron chi connectivity index (χ4n) is 1.85. The van der Waals surface area contributed by atoms with E-state index >= 15 is 0 Å². The molecule has 0 radical (unpaired) electrons. The largest absolute Gasteiger partial charge is 0.351 e. The first-order chi connectivity index (χ1) is 8.35. The maximum atomic E-state index is 4.70. The summed E-state index contributed by atoms with van der Waals surface area (Å²) in [6, 6.07) is 0. The molecule has 1 aliphatic rings. The number of aryl methyl sites for hydroxylation is 1. The van der Waals surface area contributed by atoms with E-state index in [-0.39, 0.29) is 5.54 Å². The zero-order valence-electron chi connectivity index (χ0n) is 12.2. The van der Waals surface area contributed by atoms with Gasteiger partial charge in [-0.2, -0.15) is 0 Å². The molecule has 102 valence electrons. The summed E-state index contributed by atoms with van der Waals surface area (Å²) in [5, 5.41) is 4.71. The smallest absolute Gasteiger partial charge is 0.185 e. The second-order valence-corrected chi connectivity index (χ2v) is 7.49. The summed E-state index contributed by atoms with van der Waals surface area (Å²) < 4.78 is 0. The molecule has 2 rings (SSSR count). The van der Waals surface area contributed by atoms with Crippen LogP contribution < -0.4 is 10.2 Å². The second kappa shape index (κ2) is 5.17. The highest BCUT2D eigenvalue weighted by atomic mass is 32.1. The summed E-state index contributed by atoms with van der Waals surface area (Å²) in [4.78, 5) is 8.38. The summed E-state index contributed by atoms with van der Waals surface area (Å²) in [5.74, 6) is 0.912. The summed E-state index contributed by atoms with van der Waals surface area (Å²) in [6.07, 6.45) is 2.79. The number of rotatable bonds is 5. The molecule has 4 heteroatoms. The topological polar surface area (TPSA) is 28.2 Å². The van der Waals surface area contributed by atoms with E-state index in [9.17, 15) is 0 Å². The van der Waals surface area contributed by atoms with E-state index in [1.54, 1.807) is 0 Å². The molecule has 18 heavy (non-hydrogen) atoms. The van der Waals surface area contributed by atoms with Gasteiger partial charge in [0.15, 0.2) is 5.13 Å². The molecule has 1 aliphatic carbocycles. The van der Waals surface area contributed by atoms with Gasteiger partial charge < -0.3 is 10.2 Å². The molecule has 0 bridgehead atoms. The number of hydrogen-bond acceptors (Lipinski definition) is 4. The Bertz CT molecular complexity index is 402. The Labute approximate surface area is 115 Å². The van der Waals surface area contributed by atoms with E-state index in [0.29, 0.717) is 0 Å². The van der Waals surface area contributed by atoms with Crippen LogP contribution in [0.5, 0.6) is 0 Å². The number of thiazole rings is 1. The van der Waals surface area contributed by atoms with Crippen LogP contribution in [0.15, 0.2) is 0 Å². The molecule has 1 N–H and O–H groups in total. The summed E-state index contributed by atoms with van der Waals surface area (Å²) in [5.41, 5.74) is 1.34. The van der Waals surface area contributed by atoms with Gasteiger partial charge in [0.2, 0.25) is 0 Å². The lowest BCUT2D eigenvalue weighted by molar-refractivity contribution is 0.425. The van der Waals surface area contributed by atoms with Gasteiger partial charge in [0.1, 0.15) is 0 Å². The van der Waals surface area contributed by atoms with Crippen LogP contribution in [0.25, 0.3) is 0 Å². The van der Waals surface area contributed by atoms with Crippen LogP contribution in [-0.2, 0) is 6.54 Å². The van der Waals surface area contributed by atoms with Crippen LogP contribution in [0.2, 0.25) is 0 Å². The van der Waals surface area contributed by atoms with Crippen molar-refractivity contribution in [1.29, 1.82) is 0 Å². The molecule has 1 aromatic rings. The molecular weight excluding hydrogens is 242 g/mol. The van der Waals surface area contributed by atoms with E-state index in [0.717, 1.165) is 12.5 Å². The molecule has 0 spiro atoms. The van der Waals surface area contributed by atoms with Gasteiger partial charge in [-0.1, -0.05) is 0 Å². The molecule has 0 atom stereocenters. The predicted octanol–water partition coefficient (Wildman–Crippen LogP) is 3.19. The molecule has 1 fully saturated rings. The number of hydrogen-bond donors (Lipinski definition) is 1. The van der Waals surface area contributed by atoms with Crippen molar-refractivity contribution in [2.24, 2.45) is 5.92 Å². The molecule has 0 saturated heterocycles. The molecule has 1 heterocycles. The van der Waals surface area contributed by atoms with Crippen LogP contribution >= 0.6 is 11.3 Å². The quantitative estimate of drug-likeness (QED) is 0.888. The fraction of sp³-hybridized carbons (Fsp3) is 0.786. The lowest BCUT2D eigenvalue weighted by atomic mass is 10.1. The molecule has 0 unspecified atom stereocenters. The van der Waals surface area contributed by atoms with Crippen LogP contribution in [0.3, 0.4) is 0 Å². The monoisotopic (exact) mass is 267 g/mol. The van der Waals surface area contributed by atoms with Crippen molar-refractivity contribution >= 4 is 16.5 Å². The first-order valence-corrected chi connectivity index (χ1v) is 7.59. The first kappa shape index (κ1) is 13.8. The molecule has 0 amide bonds. The Hall–Kier alpha value is -0.610. The van der Waals surface area contributed by atoms with Crippen molar-refractivity contribution < 1.29 is 0 Å². The minimum atomic E-state index is 0.163. The maximum Gasteiger partial charge on any atom is 0.185 e. The minimum absolute atomic E-state index is 0.163. The lowest BCUT2D eigenvalue weighted by Gasteiger charge is -2.20. The third-order valence-electron chi connectivity index (χ3n) is 3.22. The first-order valence-electron chi connectivity index (χ1n) is 6.77. The molecule has 1 aromatic heterocycles. The van der Waals surface area contributed by atoms with Crippen LogP contribution in [0.1, 0.15) is 44.2 Å². The van der Waals surface area contributed by atoms with Crippen molar-refractivity contribution in [3.05, 3.63) is 10.6 Å². The van der Waals surface area contributed by atoms with Gasteiger partial charge in [0.25, 0.3) is 0 Å². The van der Waals surface area contributed by atoms with Gasteiger partial charge >= 0.3 is 0 Å². The number of aromatic nitrogens is 1. The normalized spacial score (nSPS) is 16.1. The average Bonchev–Trinajstić information content (AvgIpc) is 2.97. The van der Waals surface area contributed by atoms with Crippen molar-refractivity contribution in [2.45, 2.75) is 52.6 Å². The highest BCUT2D eigenvalue weighted by molar-refractivity contribution is 7.15. The highest BCUT2D eigenvalue weighted by Crippen LogP contribution is 2.32. The van der Waals surface area contributed by atoms with E-state index in [1.807, 2.05) is 11.3 Å². The van der Waals surface area contributed by atoms with Crippen LogP contribution in [-0.4, -0.2) is 24.1 Å². The summed E-state index contributed by atoms with van der Waals surface area (Å²) >= 11 is 1.83. The molecule has 0 aliphatic heterocycles. The van der Waals surface area contributed by atoms with Crippen LogP contribution in [0.4, 0.5) is 5.13 Å². The zero-order valence-corrected chi connectivity index (χ0v) is 13.0. The van der Waals surface area contributed by atoms with Gasteiger partial charge in [-0.3, -0.25) is 0 Å². The standard InChI is InChI=1S/C14H25N3S/c1-10-12(8-15-14(2,3)4)18-13(16-10)17(5)9-11-6-7-11/h11,15H,6-9H2,1-5H3. The van der Waals surface area contributed by atoms with Gasteiger partial charge in [-0.25, -0.2) is 4.98 Å². The third-order valence-corrected chi connectivity index (χ3v) is 4.49. The number of anilines is 1. The molecule has 1 saturated carbocycles. The summed E-state index contributed by atoms with van der Waals surface area (Å²) in [6.45, 7) is 10.8. The van der Waals surface area contributed by atoms with E-state index < -0.39 is 0 Å². The van der Waals surface area contributed by atoms with Gasteiger partial charge in [-0.15, -0.1) is 11.3 Å². The van der Waals surface area contributed by atoms with Crippen molar-refractivity contribution in [1.82, 2.24) is 10.3 Å². The van der Waals surface area contributed by atoms with Crippen molar-refractivity contribution in [3.63, 3.8) is 0 Å². The van der Waals surface area contributed by atoms with Crippen molar-refractivity contribution in [3.8, 4) is 0 Å².